The number of nitro benzene ring substituents is 1. The maximum atomic E-state index is 13.5. The lowest BCUT2D eigenvalue weighted by Crippen LogP contribution is -2.50. The Morgan fingerprint density at radius 1 is 1.14 bits per heavy atom. The molecule has 0 radical (unpaired) electrons. The van der Waals surface area contributed by atoms with Crippen molar-refractivity contribution in [3.63, 3.8) is 0 Å². The van der Waals surface area contributed by atoms with Crippen LogP contribution in [0.2, 0.25) is 5.02 Å². The smallest absolute Gasteiger partial charge is 0.328 e. The Hall–Kier alpha value is -2.79. The van der Waals surface area contributed by atoms with Gasteiger partial charge < -0.3 is 4.74 Å². The number of nitrogens with zero attached hydrogens (tertiary/aromatic N) is 1. The van der Waals surface area contributed by atoms with E-state index >= 15 is 0 Å². The van der Waals surface area contributed by atoms with E-state index in [4.69, 9.17) is 16.3 Å². The molecule has 1 N–H and O–H groups in total. The summed E-state index contributed by atoms with van der Waals surface area (Å²) < 4.78 is 35.3. The lowest BCUT2D eigenvalue weighted by atomic mass is 9.93. The SMILES string of the molecule is CC(C)(C)OC(=O)[C@]1(NS(=O)(=O)c2ccc(-c3ccc(Cl)c([N+](=O)[O-])c3)s2)C[C@]1(C)c1ccccc1. The maximum absolute atomic E-state index is 13.5. The van der Waals surface area contributed by atoms with Crippen molar-refractivity contribution in [2.24, 2.45) is 0 Å². The monoisotopic (exact) mass is 548 g/mol. The molecule has 3 aromatic rings. The number of rotatable bonds is 7. The molecule has 1 aromatic heterocycles. The number of nitro groups is 1. The zero-order chi connectivity index (χ0) is 26.5. The molecule has 2 atom stereocenters. The molecular formula is C25H25ClN2O6S2. The highest BCUT2D eigenvalue weighted by atomic mass is 35.5. The summed E-state index contributed by atoms with van der Waals surface area (Å²) >= 11 is 6.84. The van der Waals surface area contributed by atoms with Gasteiger partial charge in [-0.1, -0.05) is 54.9 Å². The number of thiophene rings is 1. The van der Waals surface area contributed by atoms with Crippen LogP contribution in [0.5, 0.6) is 0 Å². The lowest BCUT2D eigenvalue weighted by Gasteiger charge is -2.27. The highest BCUT2D eigenvalue weighted by Crippen LogP contribution is 2.59. The zero-order valence-electron chi connectivity index (χ0n) is 20.1. The van der Waals surface area contributed by atoms with E-state index in [0.29, 0.717) is 10.4 Å². The van der Waals surface area contributed by atoms with Crippen molar-refractivity contribution in [1.29, 1.82) is 0 Å². The van der Waals surface area contributed by atoms with Gasteiger partial charge >= 0.3 is 5.97 Å². The minimum absolute atomic E-state index is 0.0111. The van der Waals surface area contributed by atoms with E-state index in [2.05, 4.69) is 4.72 Å². The van der Waals surface area contributed by atoms with Crippen LogP contribution in [0.15, 0.2) is 64.9 Å². The Morgan fingerprint density at radius 3 is 2.42 bits per heavy atom. The molecule has 0 spiro atoms. The first-order valence-electron chi connectivity index (χ1n) is 11.1. The van der Waals surface area contributed by atoms with Gasteiger partial charge in [-0.2, -0.15) is 4.72 Å². The van der Waals surface area contributed by atoms with Gasteiger partial charge in [0.05, 0.1) is 4.92 Å². The molecule has 1 fully saturated rings. The standard InChI is InChI=1S/C25H25ClN2O6S2/c1-23(2,3)34-22(29)25(15-24(25,4)17-8-6-5-7-9-17)27-36(32,33)21-13-12-20(35-21)16-10-11-18(26)19(14-16)28(30)31/h5-14,27H,15H2,1-4H3/t24-,25-/m1/s1. The highest BCUT2D eigenvalue weighted by Gasteiger charge is 2.73. The third kappa shape index (κ3) is 4.78. The molecule has 0 bridgehead atoms. The van der Waals surface area contributed by atoms with E-state index in [1.54, 1.807) is 32.9 Å². The van der Waals surface area contributed by atoms with Crippen molar-refractivity contribution in [2.45, 2.75) is 54.9 Å². The van der Waals surface area contributed by atoms with Gasteiger partial charge in [-0.25, -0.2) is 13.2 Å². The largest absolute Gasteiger partial charge is 0.459 e. The molecule has 0 amide bonds. The minimum atomic E-state index is -4.15. The van der Waals surface area contributed by atoms with Crippen molar-refractivity contribution in [2.75, 3.05) is 0 Å². The van der Waals surface area contributed by atoms with Crippen LogP contribution >= 0.6 is 22.9 Å². The maximum Gasteiger partial charge on any atom is 0.328 e. The summed E-state index contributed by atoms with van der Waals surface area (Å²) in [6.45, 7) is 7.02. The van der Waals surface area contributed by atoms with Crippen molar-refractivity contribution < 1.29 is 22.9 Å². The number of hydrogen-bond donors (Lipinski definition) is 1. The summed E-state index contributed by atoms with van der Waals surface area (Å²) in [7, 11) is -4.15. The molecule has 8 nitrogen and oxygen atoms in total. The Labute approximate surface area is 218 Å². The van der Waals surface area contributed by atoms with Crippen molar-refractivity contribution in [1.82, 2.24) is 4.72 Å². The number of ether oxygens (including phenoxy) is 1. The molecule has 0 aliphatic heterocycles. The predicted molar refractivity (Wildman–Crippen MR) is 139 cm³/mol. The zero-order valence-corrected chi connectivity index (χ0v) is 22.5. The quantitative estimate of drug-likeness (QED) is 0.230. The summed E-state index contributed by atoms with van der Waals surface area (Å²) in [4.78, 5) is 24.5. The van der Waals surface area contributed by atoms with Crippen LogP contribution in [0, 0.1) is 10.1 Å². The molecule has 4 rings (SSSR count). The molecule has 36 heavy (non-hydrogen) atoms. The van der Waals surface area contributed by atoms with Gasteiger partial charge in [0, 0.05) is 16.4 Å². The molecule has 1 heterocycles. The molecule has 1 aliphatic rings. The number of sulfonamides is 1. The Bertz CT molecular complexity index is 1450. The van der Waals surface area contributed by atoms with Crippen LogP contribution in [-0.4, -0.2) is 30.5 Å². The van der Waals surface area contributed by atoms with Crippen LogP contribution in [0.3, 0.4) is 0 Å². The van der Waals surface area contributed by atoms with E-state index in [0.717, 1.165) is 16.9 Å². The second-order valence-corrected chi connectivity index (χ2v) is 13.3. The van der Waals surface area contributed by atoms with Crippen LogP contribution in [-0.2, 0) is 25.0 Å². The Kier molecular flexibility index (Phi) is 6.53. The first-order chi connectivity index (χ1) is 16.7. The van der Waals surface area contributed by atoms with Gasteiger partial charge in [0.15, 0.2) is 0 Å². The summed E-state index contributed by atoms with van der Waals surface area (Å²) in [6, 6.07) is 16.5. The van der Waals surface area contributed by atoms with E-state index in [9.17, 15) is 23.3 Å². The van der Waals surface area contributed by atoms with Crippen LogP contribution < -0.4 is 4.72 Å². The molecule has 1 saturated carbocycles. The first-order valence-corrected chi connectivity index (χ1v) is 13.7. The average molecular weight is 549 g/mol. The van der Waals surface area contributed by atoms with E-state index < -0.39 is 37.5 Å². The van der Waals surface area contributed by atoms with Crippen LogP contribution in [0.4, 0.5) is 5.69 Å². The first kappa shape index (κ1) is 26.3. The molecule has 0 saturated heterocycles. The summed E-state index contributed by atoms with van der Waals surface area (Å²) in [5.74, 6) is -0.643. The number of halogens is 1. The summed E-state index contributed by atoms with van der Waals surface area (Å²) in [6.07, 6.45) is 0.236. The fourth-order valence-corrected chi connectivity index (χ4v) is 7.14. The number of hydrogen-bond acceptors (Lipinski definition) is 7. The van der Waals surface area contributed by atoms with Gasteiger partial charge in [0.2, 0.25) is 0 Å². The highest BCUT2D eigenvalue weighted by molar-refractivity contribution is 7.91. The van der Waals surface area contributed by atoms with Crippen molar-refractivity contribution >= 4 is 44.6 Å². The second-order valence-electron chi connectivity index (χ2n) is 9.93. The fraction of sp³-hybridized carbons (Fsp3) is 0.320. The third-order valence-electron chi connectivity index (χ3n) is 6.18. The predicted octanol–water partition coefficient (Wildman–Crippen LogP) is 5.70. The van der Waals surface area contributed by atoms with Gasteiger partial charge in [0.25, 0.3) is 15.7 Å². The minimum Gasteiger partial charge on any atom is -0.459 e. The number of nitrogens with one attached hydrogen (secondary N) is 1. The van der Waals surface area contributed by atoms with Crippen molar-refractivity contribution in [3.05, 3.63) is 81.4 Å². The fourth-order valence-electron chi connectivity index (χ4n) is 4.20. The number of carbonyl (C=O) groups is 1. The van der Waals surface area contributed by atoms with Crippen LogP contribution in [0.1, 0.15) is 39.7 Å². The summed E-state index contributed by atoms with van der Waals surface area (Å²) in [5.41, 5.74) is -2.09. The van der Waals surface area contributed by atoms with E-state index in [1.807, 2.05) is 37.3 Å². The topological polar surface area (TPSA) is 116 Å². The van der Waals surface area contributed by atoms with Crippen LogP contribution in [0.25, 0.3) is 10.4 Å². The molecule has 190 valence electrons. The lowest BCUT2D eigenvalue weighted by molar-refractivity contribution is -0.384. The number of benzene rings is 2. The molecular weight excluding hydrogens is 524 g/mol. The number of esters is 1. The molecule has 0 unspecified atom stereocenters. The second kappa shape index (κ2) is 8.95. The molecule has 11 heteroatoms. The van der Waals surface area contributed by atoms with Crippen molar-refractivity contribution in [3.8, 4) is 10.4 Å². The number of carbonyl (C=O) groups excluding carboxylic acids is 1. The Balaban J connectivity index is 1.69. The Morgan fingerprint density at radius 2 is 1.81 bits per heavy atom. The molecule has 1 aliphatic carbocycles. The van der Waals surface area contributed by atoms with Gasteiger partial charge in [0.1, 0.15) is 20.4 Å². The van der Waals surface area contributed by atoms with Gasteiger partial charge in [-0.3, -0.25) is 10.1 Å². The van der Waals surface area contributed by atoms with Gasteiger partial charge in [-0.05, 0) is 56.5 Å². The average Bonchev–Trinajstić information content (AvgIpc) is 3.14. The molecule has 2 aromatic carbocycles. The normalized spacial score (nSPS) is 21.7. The van der Waals surface area contributed by atoms with Gasteiger partial charge in [-0.15, -0.1) is 11.3 Å². The van der Waals surface area contributed by atoms with E-state index in [-0.39, 0.29) is 21.3 Å². The third-order valence-corrected chi connectivity index (χ3v) is 9.62. The van der Waals surface area contributed by atoms with E-state index in [1.165, 1.54) is 18.2 Å². The summed E-state index contributed by atoms with van der Waals surface area (Å²) in [5, 5.41) is 11.2.